The quantitative estimate of drug-likeness (QED) is 0.703. The molecular weight excluding hydrogens is 197 g/mol. The van der Waals surface area contributed by atoms with E-state index in [4.69, 9.17) is 5.73 Å². The van der Waals surface area contributed by atoms with Crippen molar-refractivity contribution in [3.8, 4) is 17.0 Å². The smallest absolute Gasteiger partial charge is 0.145 e. The lowest BCUT2D eigenvalue weighted by Crippen LogP contribution is -1.83. The van der Waals surface area contributed by atoms with Gasteiger partial charge in [0.2, 0.25) is 0 Å². The van der Waals surface area contributed by atoms with Crippen molar-refractivity contribution in [1.29, 1.82) is 0 Å². The maximum Gasteiger partial charge on any atom is 0.145 e. The van der Waals surface area contributed by atoms with Crippen LogP contribution in [0.1, 0.15) is 5.56 Å². The number of benzene rings is 1. The van der Waals surface area contributed by atoms with Crippen LogP contribution in [0.2, 0.25) is 0 Å². The third-order valence-corrected chi connectivity index (χ3v) is 2.10. The Balaban J connectivity index is 2.51. The third kappa shape index (κ3) is 1.76. The third-order valence-electron chi connectivity index (χ3n) is 2.10. The van der Waals surface area contributed by atoms with Crippen LogP contribution >= 0.6 is 0 Å². The number of rotatable bonds is 2. The Bertz CT molecular complexity index is 481. The minimum Gasteiger partial charge on any atom is -0.507 e. The number of nitrogens with one attached hydrogen (secondary N) is 1. The van der Waals surface area contributed by atoms with Gasteiger partial charge in [0.05, 0.1) is 5.69 Å². The van der Waals surface area contributed by atoms with Gasteiger partial charge in [-0.2, -0.15) is 5.10 Å². The molecule has 78 valence electrons. The number of nitrogens with zero attached hydrogens (tertiary/aromatic N) is 1. The van der Waals surface area contributed by atoms with Crippen molar-refractivity contribution in [3.05, 3.63) is 29.8 Å². The highest BCUT2D eigenvalue weighted by Crippen LogP contribution is 2.29. The van der Waals surface area contributed by atoms with Crippen molar-refractivity contribution < 1.29 is 9.50 Å². The van der Waals surface area contributed by atoms with Crippen LogP contribution in [-0.4, -0.2) is 15.3 Å². The second-order valence-electron chi connectivity index (χ2n) is 3.19. The molecule has 0 saturated heterocycles. The maximum absolute atomic E-state index is 12.4. The highest BCUT2D eigenvalue weighted by Gasteiger charge is 2.07. The minimum absolute atomic E-state index is 0.0656. The zero-order valence-corrected chi connectivity index (χ0v) is 7.87. The lowest BCUT2D eigenvalue weighted by atomic mass is 10.1. The average molecular weight is 207 g/mol. The van der Waals surface area contributed by atoms with Gasteiger partial charge in [-0.1, -0.05) is 6.07 Å². The van der Waals surface area contributed by atoms with Crippen LogP contribution in [-0.2, 0) is 6.67 Å². The van der Waals surface area contributed by atoms with Gasteiger partial charge in [-0.25, -0.2) is 4.39 Å². The summed E-state index contributed by atoms with van der Waals surface area (Å²) in [6.07, 6.45) is 0. The van der Waals surface area contributed by atoms with E-state index < -0.39 is 6.67 Å². The van der Waals surface area contributed by atoms with Crippen molar-refractivity contribution in [2.75, 3.05) is 5.73 Å². The summed E-state index contributed by atoms with van der Waals surface area (Å²) in [5.41, 5.74) is 7.00. The molecule has 0 aliphatic heterocycles. The van der Waals surface area contributed by atoms with Gasteiger partial charge in [0.1, 0.15) is 18.2 Å². The summed E-state index contributed by atoms with van der Waals surface area (Å²) in [6.45, 7) is -0.573. The van der Waals surface area contributed by atoms with Gasteiger partial charge >= 0.3 is 0 Å². The van der Waals surface area contributed by atoms with E-state index in [1.165, 1.54) is 12.1 Å². The summed E-state index contributed by atoms with van der Waals surface area (Å²) in [6, 6.07) is 6.11. The number of aromatic hydroxyl groups is 1. The number of nitrogen functional groups attached to an aromatic ring is 1. The van der Waals surface area contributed by atoms with Gasteiger partial charge in [-0.15, -0.1) is 0 Å². The molecule has 15 heavy (non-hydrogen) atoms. The van der Waals surface area contributed by atoms with Crippen LogP contribution in [0.25, 0.3) is 11.3 Å². The Morgan fingerprint density at radius 1 is 1.40 bits per heavy atom. The first kappa shape index (κ1) is 9.51. The van der Waals surface area contributed by atoms with Crippen LogP contribution in [0.4, 0.5) is 10.2 Å². The van der Waals surface area contributed by atoms with Gasteiger partial charge in [0, 0.05) is 11.6 Å². The van der Waals surface area contributed by atoms with Crippen molar-refractivity contribution in [2.45, 2.75) is 6.67 Å². The first-order chi connectivity index (χ1) is 7.20. The Hall–Kier alpha value is -2.04. The summed E-state index contributed by atoms with van der Waals surface area (Å²) < 4.78 is 12.4. The molecule has 0 aliphatic carbocycles. The standard InChI is InChI=1S/C10H10FN3O/c11-5-6-1-2-9(15)7(3-6)8-4-10(12)14-13-8/h1-4,15H,5H2,(H3,12,13,14). The number of alkyl halides is 1. The molecule has 1 aromatic carbocycles. The summed E-state index contributed by atoms with van der Waals surface area (Å²) in [5, 5.41) is 16.0. The van der Waals surface area contributed by atoms with Gasteiger partial charge in [-0.05, 0) is 17.7 Å². The molecule has 0 bridgehead atoms. The summed E-state index contributed by atoms with van der Waals surface area (Å²) in [5.74, 6) is 0.394. The number of hydrogen-bond acceptors (Lipinski definition) is 3. The van der Waals surface area contributed by atoms with E-state index in [9.17, 15) is 9.50 Å². The molecule has 1 heterocycles. The number of aromatic nitrogens is 2. The van der Waals surface area contributed by atoms with Gasteiger partial charge in [0.15, 0.2) is 0 Å². The normalized spacial score (nSPS) is 10.5. The fourth-order valence-electron chi connectivity index (χ4n) is 1.36. The van der Waals surface area contributed by atoms with Crippen molar-refractivity contribution in [1.82, 2.24) is 10.2 Å². The first-order valence-corrected chi connectivity index (χ1v) is 4.40. The fraction of sp³-hybridized carbons (Fsp3) is 0.100. The molecule has 0 saturated carbocycles. The number of hydrogen-bond donors (Lipinski definition) is 3. The van der Waals surface area contributed by atoms with Gasteiger partial charge in [0.25, 0.3) is 0 Å². The van der Waals surface area contributed by atoms with Crippen LogP contribution in [0.5, 0.6) is 5.75 Å². The molecule has 0 unspecified atom stereocenters. The van der Waals surface area contributed by atoms with E-state index in [2.05, 4.69) is 10.2 Å². The lowest BCUT2D eigenvalue weighted by Gasteiger charge is -2.03. The molecule has 4 N–H and O–H groups in total. The zero-order valence-electron chi connectivity index (χ0n) is 7.87. The molecule has 5 heteroatoms. The van der Waals surface area contributed by atoms with E-state index in [0.717, 1.165) is 0 Å². The number of aromatic amines is 1. The Morgan fingerprint density at radius 2 is 2.20 bits per heavy atom. The predicted molar refractivity (Wildman–Crippen MR) is 54.9 cm³/mol. The highest BCUT2D eigenvalue weighted by atomic mass is 19.1. The molecule has 0 atom stereocenters. The molecule has 0 aliphatic rings. The number of nitrogens with two attached hydrogens (primary N) is 1. The fourth-order valence-corrected chi connectivity index (χ4v) is 1.36. The summed E-state index contributed by atoms with van der Waals surface area (Å²) in [7, 11) is 0. The van der Waals surface area contributed by atoms with Crippen LogP contribution in [0.15, 0.2) is 24.3 Å². The monoisotopic (exact) mass is 207 g/mol. The molecular formula is C10H10FN3O. The predicted octanol–water partition coefficient (Wildman–Crippen LogP) is 1.83. The number of H-pyrrole nitrogens is 1. The molecule has 0 amide bonds. The van der Waals surface area contributed by atoms with Crippen LogP contribution in [0, 0.1) is 0 Å². The largest absolute Gasteiger partial charge is 0.507 e. The van der Waals surface area contributed by atoms with Crippen LogP contribution < -0.4 is 5.73 Å². The minimum atomic E-state index is -0.573. The molecule has 0 radical (unpaired) electrons. The Labute approximate surface area is 85.6 Å². The van der Waals surface area contributed by atoms with E-state index in [0.29, 0.717) is 22.6 Å². The van der Waals surface area contributed by atoms with Crippen LogP contribution in [0.3, 0.4) is 0 Å². The van der Waals surface area contributed by atoms with E-state index in [1.54, 1.807) is 12.1 Å². The molecule has 2 aromatic rings. The second kappa shape index (κ2) is 3.61. The summed E-state index contributed by atoms with van der Waals surface area (Å²) in [4.78, 5) is 0. The number of phenolic OH excluding ortho intramolecular Hbond substituents is 1. The molecule has 4 nitrogen and oxygen atoms in total. The Morgan fingerprint density at radius 3 is 2.80 bits per heavy atom. The zero-order chi connectivity index (χ0) is 10.8. The highest BCUT2D eigenvalue weighted by molar-refractivity contribution is 5.69. The molecule has 2 rings (SSSR count). The van der Waals surface area contributed by atoms with Crippen molar-refractivity contribution in [2.24, 2.45) is 0 Å². The topological polar surface area (TPSA) is 74.9 Å². The second-order valence-corrected chi connectivity index (χ2v) is 3.19. The van der Waals surface area contributed by atoms with Gasteiger partial charge in [-0.3, -0.25) is 5.10 Å². The average Bonchev–Trinajstić information content (AvgIpc) is 2.65. The van der Waals surface area contributed by atoms with Gasteiger partial charge < -0.3 is 10.8 Å². The number of anilines is 1. The first-order valence-electron chi connectivity index (χ1n) is 4.40. The Kier molecular flexibility index (Phi) is 2.29. The molecule has 1 aromatic heterocycles. The van der Waals surface area contributed by atoms with E-state index in [-0.39, 0.29) is 5.75 Å². The van der Waals surface area contributed by atoms with Crippen molar-refractivity contribution >= 4 is 5.82 Å². The maximum atomic E-state index is 12.4. The van der Waals surface area contributed by atoms with E-state index in [1.807, 2.05) is 0 Å². The molecule has 0 spiro atoms. The molecule has 0 fully saturated rings. The van der Waals surface area contributed by atoms with Crippen molar-refractivity contribution in [3.63, 3.8) is 0 Å². The number of phenols is 1. The van der Waals surface area contributed by atoms with E-state index >= 15 is 0 Å². The summed E-state index contributed by atoms with van der Waals surface area (Å²) >= 11 is 0. The SMILES string of the molecule is Nc1cc(-c2cc(CF)ccc2O)[nH]n1. The lowest BCUT2D eigenvalue weighted by molar-refractivity contribution is 0.471. The number of halogens is 1.